The van der Waals surface area contributed by atoms with Gasteiger partial charge in [0.15, 0.2) is 11.5 Å². The molecule has 39 heavy (non-hydrogen) atoms. The molecule has 0 N–H and O–H groups in total. The van der Waals surface area contributed by atoms with Gasteiger partial charge in [0.05, 0.1) is 41.7 Å². The van der Waals surface area contributed by atoms with Gasteiger partial charge in [0.1, 0.15) is 5.82 Å². The molecular formula is C28H29N7O3S. The lowest BCUT2D eigenvalue weighted by molar-refractivity contribution is 0.0985. The van der Waals surface area contributed by atoms with Crippen LogP contribution in [-0.2, 0) is 21.8 Å². The van der Waals surface area contributed by atoms with Crippen LogP contribution in [0.4, 0.5) is 5.82 Å². The molecule has 1 atom stereocenters. The zero-order chi connectivity index (χ0) is 27.3. The van der Waals surface area contributed by atoms with Crippen molar-refractivity contribution in [3.63, 3.8) is 0 Å². The zero-order valence-electron chi connectivity index (χ0n) is 22.2. The molecule has 1 saturated heterocycles. The van der Waals surface area contributed by atoms with Gasteiger partial charge in [0.2, 0.25) is 0 Å². The first-order chi connectivity index (χ1) is 18.7. The maximum Gasteiger partial charge on any atom is 0.269 e. The van der Waals surface area contributed by atoms with Gasteiger partial charge in [-0.3, -0.25) is 4.68 Å². The summed E-state index contributed by atoms with van der Waals surface area (Å²) in [6.45, 7) is 7.96. The number of pyridine rings is 1. The summed E-state index contributed by atoms with van der Waals surface area (Å²) in [6.07, 6.45) is 4.95. The molecule has 200 valence electrons. The minimum Gasteiger partial charge on any atom is -0.377 e. The van der Waals surface area contributed by atoms with E-state index in [1.807, 2.05) is 39.2 Å². The van der Waals surface area contributed by atoms with Crippen molar-refractivity contribution in [2.75, 3.05) is 24.7 Å². The Kier molecular flexibility index (Phi) is 6.19. The highest BCUT2D eigenvalue weighted by molar-refractivity contribution is 7.90. The summed E-state index contributed by atoms with van der Waals surface area (Å²) in [4.78, 5) is 16.8. The standard InChI is InChI=1S/C28H29N7O3S/c1-18-5-7-21(8-6-18)39(36,37)35-12-10-23-22(9-11-29-28(23)35)27-31-24(26-19(2)16-30-33(26)4)15-25(32-27)34-13-14-38-17-20(34)3/h5-12,15-16,20H,13-14,17H2,1-4H3/t20-/m1/s1. The predicted octanol–water partition coefficient (Wildman–Crippen LogP) is 3.97. The molecule has 6 rings (SSSR count). The van der Waals surface area contributed by atoms with E-state index in [0.29, 0.717) is 42.2 Å². The Hall–Kier alpha value is -4.09. The summed E-state index contributed by atoms with van der Waals surface area (Å²) in [5, 5.41) is 5.06. The van der Waals surface area contributed by atoms with Gasteiger partial charge in [0.25, 0.3) is 10.0 Å². The molecule has 5 heterocycles. The van der Waals surface area contributed by atoms with E-state index < -0.39 is 10.0 Å². The highest BCUT2D eigenvalue weighted by Crippen LogP contribution is 2.33. The SMILES string of the molecule is Cc1ccc(S(=O)(=O)n2ccc3c(-c4nc(-c5c(C)cnn5C)cc(N5CCOC[C@H]5C)n4)ccnc32)cc1. The highest BCUT2D eigenvalue weighted by Gasteiger charge is 2.25. The fourth-order valence-corrected chi connectivity index (χ4v) is 6.34. The Morgan fingerprint density at radius 2 is 1.85 bits per heavy atom. The lowest BCUT2D eigenvalue weighted by Crippen LogP contribution is -2.44. The van der Waals surface area contributed by atoms with Gasteiger partial charge in [-0.1, -0.05) is 17.7 Å². The Morgan fingerprint density at radius 1 is 1.05 bits per heavy atom. The molecule has 0 unspecified atom stereocenters. The second kappa shape index (κ2) is 9.58. The monoisotopic (exact) mass is 543 g/mol. The van der Waals surface area contributed by atoms with E-state index in [9.17, 15) is 8.42 Å². The normalized spacial score (nSPS) is 16.2. The number of rotatable bonds is 5. The molecule has 1 fully saturated rings. The third-order valence-corrected chi connectivity index (χ3v) is 8.79. The van der Waals surface area contributed by atoms with Crippen LogP contribution in [0, 0.1) is 13.8 Å². The number of anilines is 1. The molecule has 0 aliphatic carbocycles. The lowest BCUT2D eigenvalue weighted by atomic mass is 10.1. The summed E-state index contributed by atoms with van der Waals surface area (Å²) >= 11 is 0. The smallest absolute Gasteiger partial charge is 0.269 e. The van der Waals surface area contributed by atoms with Crippen LogP contribution >= 0.6 is 0 Å². The van der Waals surface area contributed by atoms with Gasteiger partial charge in [-0.05, 0) is 50.6 Å². The van der Waals surface area contributed by atoms with Crippen LogP contribution in [0.3, 0.4) is 0 Å². The van der Waals surface area contributed by atoms with E-state index >= 15 is 0 Å². The number of benzene rings is 1. The van der Waals surface area contributed by atoms with Crippen molar-refractivity contribution in [3.8, 4) is 22.8 Å². The first-order valence-corrected chi connectivity index (χ1v) is 14.2. The van der Waals surface area contributed by atoms with E-state index in [1.54, 1.807) is 41.2 Å². The first-order valence-electron chi connectivity index (χ1n) is 12.7. The van der Waals surface area contributed by atoms with Crippen LogP contribution < -0.4 is 4.90 Å². The topological polar surface area (TPSA) is 108 Å². The molecule has 0 bridgehead atoms. The van der Waals surface area contributed by atoms with Crippen LogP contribution in [0.15, 0.2) is 66.0 Å². The van der Waals surface area contributed by atoms with Crippen molar-refractivity contribution in [1.29, 1.82) is 0 Å². The number of aryl methyl sites for hydroxylation is 3. The Balaban J connectivity index is 1.53. The Bertz CT molecular complexity index is 1770. The second-order valence-corrected chi connectivity index (χ2v) is 11.7. The predicted molar refractivity (Wildman–Crippen MR) is 149 cm³/mol. The van der Waals surface area contributed by atoms with Crippen molar-refractivity contribution in [3.05, 3.63) is 72.2 Å². The minimum absolute atomic E-state index is 0.139. The van der Waals surface area contributed by atoms with Gasteiger partial charge in [-0.2, -0.15) is 5.10 Å². The number of hydrogen-bond donors (Lipinski definition) is 0. The summed E-state index contributed by atoms with van der Waals surface area (Å²) in [6, 6.07) is 12.5. The van der Waals surface area contributed by atoms with Gasteiger partial charge < -0.3 is 9.64 Å². The number of ether oxygens (including phenoxy) is 1. The van der Waals surface area contributed by atoms with E-state index in [1.165, 1.54) is 10.2 Å². The average Bonchev–Trinajstić information content (AvgIpc) is 3.52. The summed E-state index contributed by atoms with van der Waals surface area (Å²) in [5.41, 5.74) is 4.63. The molecule has 0 amide bonds. The number of hydrogen-bond acceptors (Lipinski definition) is 8. The molecule has 0 radical (unpaired) electrons. The van der Waals surface area contributed by atoms with Gasteiger partial charge in [-0.15, -0.1) is 0 Å². The largest absolute Gasteiger partial charge is 0.377 e. The number of fused-ring (bicyclic) bond motifs is 1. The van der Waals surface area contributed by atoms with Crippen molar-refractivity contribution in [2.24, 2.45) is 7.05 Å². The lowest BCUT2D eigenvalue weighted by Gasteiger charge is -2.34. The maximum atomic E-state index is 13.5. The number of aromatic nitrogens is 6. The fraction of sp³-hybridized carbons (Fsp3) is 0.286. The van der Waals surface area contributed by atoms with Gasteiger partial charge >= 0.3 is 0 Å². The molecule has 1 aliphatic rings. The first kappa shape index (κ1) is 25.2. The van der Waals surface area contributed by atoms with Crippen LogP contribution in [0.1, 0.15) is 18.1 Å². The molecule has 10 nitrogen and oxygen atoms in total. The van der Waals surface area contributed by atoms with Crippen LogP contribution in [-0.4, -0.2) is 62.9 Å². The number of nitrogens with zero attached hydrogens (tertiary/aromatic N) is 7. The molecule has 1 aliphatic heterocycles. The van der Waals surface area contributed by atoms with Crippen molar-refractivity contribution >= 4 is 26.9 Å². The molecule has 0 saturated carbocycles. The van der Waals surface area contributed by atoms with E-state index in [4.69, 9.17) is 14.7 Å². The maximum absolute atomic E-state index is 13.5. The van der Waals surface area contributed by atoms with Gasteiger partial charge in [0, 0.05) is 43.0 Å². The Labute approximate surface area is 227 Å². The van der Waals surface area contributed by atoms with E-state index in [-0.39, 0.29) is 10.9 Å². The van der Waals surface area contributed by atoms with Crippen molar-refractivity contribution < 1.29 is 13.2 Å². The molecule has 11 heteroatoms. The molecular weight excluding hydrogens is 514 g/mol. The summed E-state index contributed by atoms with van der Waals surface area (Å²) in [7, 11) is -1.96. The second-order valence-electron chi connectivity index (χ2n) is 9.88. The Morgan fingerprint density at radius 3 is 2.56 bits per heavy atom. The number of morpholine rings is 1. The molecule has 1 aromatic carbocycles. The van der Waals surface area contributed by atoms with Crippen LogP contribution in [0.25, 0.3) is 33.8 Å². The third-order valence-electron chi connectivity index (χ3n) is 7.11. The van der Waals surface area contributed by atoms with Crippen LogP contribution in [0.5, 0.6) is 0 Å². The summed E-state index contributed by atoms with van der Waals surface area (Å²) < 4.78 is 35.7. The zero-order valence-corrected chi connectivity index (χ0v) is 23.1. The third kappa shape index (κ3) is 4.37. The summed E-state index contributed by atoms with van der Waals surface area (Å²) in [5.74, 6) is 1.27. The molecule has 5 aromatic rings. The molecule has 4 aromatic heterocycles. The van der Waals surface area contributed by atoms with Crippen molar-refractivity contribution in [1.82, 2.24) is 28.7 Å². The minimum atomic E-state index is -3.85. The highest BCUT2D eigenvalue weighted by atomic mass is 32.2. The quantitative estimate of drug-likeness (QED) is 0.328. The van der Waals surface area contributed by atoms with Gasteiger partial charge in [-0.25, -0.2) is 27.3 Å². The van der Waals surface area contributed by atoms with Crippen LogP contribution in [0.2, 0.25) is 0 Å². The average molecular weight is 544 g/mol. The van der Waals surface area contributed by atoms with E-state index in [2.05, 4.69) is 21.9 Å². The van der Waals surface area contributed by atoms with Crippen molar-refractivity contribution in [2.45, 2.75) is 31.7 Å². The van der Waals surface area contributed by atoms with E-state index in [0.717, 1.165) is 28.3 Å². The fourth-order valence-electron chi connectivity index (χ4n) is 5.03. The molecule has 0 spiro atoms.